The zero-order chi connectivity index (χ0) is 20.1. The SMILES string of the molecule is CC1CCC2OC2C1CC(CCCC(=O)O)(CC1C(C)CCC2OC21)C(=O)O. The van der Waals surface area contributed by atoms with Gasteiger partial charge in [-0.1, -0.05) is 13.8 Å². The van der Waals surface area contributed by atoms with E-state index in [1.807, 2.05) is 0 Å². The van der Waals surface area contributed by atoms with E-state index in [-0.39, 0.29) is 30.5 Å². The summed E-state index contributed by atoms with van der Waals surface area (Å²) in [6.45, 7) is 4.44. The number of carboxylic acids is 2. The second-order valence-corrected chi connectivity index (χ2v) is 9.96. The molecule has 0 spiro atoms. The molecular formula is C22H34O6. The van der Waals surface area contributed by atoms with Crippen molar-refractivity contribution in [1.29, 1.82) is 0 Å². The maximum atomic E-state index is 12.7. The molecular weight excluding hydrogens is 360 g/mol. The second kappa shape index (κ2) is 7.60. The van der Waals surface area contributed by atoms with Crippen LogP contribution in [0.1, 0.15) is 71.6 Å². The Morgan fingerprint density at radius 2 is 1.39 bits per heavy atom. The number of rotatable bonds is 9. The molecule has 28 heavy (non-hydrogen) atoms. The highest BCUT2D eigenvalue weighted by atomic mass is 16.6. The summed E-state index contributed by atoms with van der Waals surface area (Å²) in [5.41, 5.74) is -0.880. The third-order valence-electron chi connectivity index (χ3n) is 8.11. The zero-order valence-corrected chi connectivity index (χ0v) is 17.0. The van der Waals surface area contributed by atoms with Crippen molar-refractivity contribution >= 4 is 11.9 Å². The van der Waals surface area contributed by atoms with Gasteiger partial charge in [-0.25, -0.2) is 0 Å². The average Bonchev–Trinajstić information content (AvgIpc) is 3.52. The summed E-state index contributed by atoms with van der Waals surface area (Å²) in [5, 5.41) is 19.5. The van der Waals surface area contributed by atoms with Crippen molar-refractivity contribution in [1.82, 2.24) is 0 Å². The highest BCUT2D eigenvalue weighted by Crippen LogP contribution is 2.54. The first-order valence-corrected chi connectivity index (χ1v) is 11.1. The van der Waals surface area contributed by atoms with Crippen molar-refractivity contribution in [3.63, 3.8) is 0 Å². The molecule has 8 atom stereocenters. The Balaban J connectivity index is 1.54. The van der Waals surface area contributed by atoms with Crippen molar-refractivity contribution in [3.05, 3.63) is 0 Å². The highest BCUT2D eigenvalue weighted by molar-refractivity contribution is 5.75. The Morgan fingerprint density at radius 1 is 0.893 bits per heavy atom. The lowest BCUT2D eigenvalue weighted by Crippen LogP contribution is -2.42. The van der Waals surface area contributed by atoms with Crippen LogP contribution in [0.3, 0.4) is 0 Å². The second-order valence-electron chi connectivity index (χ2n) is 9.96. The number of ether oxygens (including phenoxy) is 2. The van der Waals surface area contributed by atoms with E-state index < -0.39 is 17.4 Å². The van der Waals surface area contributed by atoms with E-state index in [9.17, 15) is 14.7 Å². The van der Waals surface area contributed by atoms with E-state index in [2.05, 4.69) is 13.8 Å². The van der Waals surface area contributed by atoms with Crippen LogP contribution in [0, 0.1) is 29.1 Å². The van der Waals surface area contributed by atoms with E-state index in [1.165, 1.54) is 0 Å². The Morgan fingerprint density at radius 3 is 1.82 bits per heavy atom. The molecule has 6 nitrogen and oxygen atoms in total. The fourth-order valence-corrected chi connectivity index (χ4v) is 6.14. The molecule has 0 radical (unpaired) electrons. The van der Waals surface area contributed by atoms with Gasteiger partial charge in [-0.05, 0) is 75.0 Å². The summed E-state index contributed by atoms with van der Waals surface area (Å²) in [5.74, 6) is -0.189. The van der Waals surface area contributed by atoms with Crippen molar-refractivity contribution < 1.29 is 29.3 Å². The minimum absolute atomic E-state index is 0.0284. The first-order chi connectivity index (χ1) is 13.3. The standard InChI is InChI=1S/C22H34O6/c1-12-5-7-16-19(27-16)14(12)10-22(21(25)26,9-3-4-18(23)24)11-15-13(2)6-8-17-20(15)28-17/h12-17,19-20H,3-11H2,1-2H3,(H,23,24)(H,25,26). The Labute approximate surface area is 167 Å². The Kier molecular flexibility index (Phi) is 5.47. The van der Waals surface area contributed by atoms with Crippen LogP contribution in [-0.2, 0) is 19.1 Å². The van der Waals surface area contributed by atoms with Crippen LogP contribution in [0.15, 0.2) is 0 Å². The van der Waals surface area contributed by atoms with Gasteiger partial charge in [0.15, 0.2) is 0 Å². The molecule has 2 aliphatic carbocycles. The normalized spacial score (nSPS) is 43.4. The maximum Gasteiger partial charge on any atom is 0.309 e. The van der Waals surface area contributed by atoms with Crippen molar-refractivity contribution in [2.24, 2.45) is 29.1 Å². The van der Waals surface area contributed by atoms with Gasteiger partial charge in [-0.15, -0.1) is 0 Å². The van der Waals surface area contributed by atoms with Gasteiger partial charge in [0.1, 0.15) is 0 Å². The van der Waals surface area contributed by atoms with E-state index in [4.69, 9.17) is 14.6 Å². The number of hydrogen-bond donors (Lipinski definition) is 2. The molecule has 4 aliphatic rings. The maximum absolute atomic E-state index is 12.7. The molecule has 4 rings (SSSR count). The van der Waals surface area contributed by atoms with Gasteiger partial charge < -0.3 is 19.7 Å². The van der Waals surface area contributed by atoms with Crippen LogP contribution in [-0.4, -0.2) is 46.6 Å². The summed E-state index contributed by atoms with van der Waals surface area (Å²) >= 11 is 0. The summed E-state index contributed by atoms with van der Waals surface area (Å²) in [4.78, 5) is 23.7. The number of carboxylic acid groups (broad SMARTS) is 2. The highest BCUT2D eigenvalue weighted by Gasteiger charge is 2.57. The van der Waals surface area contributed by atoms with Gasteiger partial charge >= 0.3 is 11.9 Å². The van der Waals surface area contributed by atoms with Gasteiger partial charge in [0.05, 0.1) is 29.8 Å². The number of epoxide rings is 2. The molecule has 0 aromatic rings. The van der Waals surface area contributed by atoms with Crippen LogP contribution in [0.25, 0.3) is 0 Å². The van der Waals surface area contributed by atoms with Crippen LogP contribution < -0.4 is 0 Å². The molecule has 158 valence electrons. The molecule has 2 saturated heterocycles. The lowest BCUT2D eigenvalue weighted by Gasteiger charge is -2.40. The van der Waals surface area contributed by atoms with Crippen molar-refractivity contribution in [2.75, 3.05) is 0 Å². The van der Waals surface area contributed by atoms with E-state index in [0.29, 0.717) is 49.7 Å². The third kappa shape index (κ3) is 3.95. The topological polar surface area (TPSA) is 99.7 Å². The smallest absolute Gasteiger partial charge is 0.309 e. The predicted octanol–water partition coefficient (Wildman–Crippen LogP) is 3.72. The molecule has 2 saturated carbocycles. The van der Waals surface area contributed by atoms with Gasteiger partial charge in [0.25, 0.3) is 0 Å². The fraction of sp³-hybridized carbons (Fsp3) is 0.909. The van der Waals surface area contributed by atoms with Crippen molar-refractivity contribution in [2.45, 2.75) is 96.1 Å². The zero-order valence-electron chi connectivity index (χ0n) is 17.0. The lowest BCUT2D eigenvalue weighted by atomic mass is 9.62. The van der Waals surface area contributed by atoms with Crippen LogP contribution >= 0.6 is 0 Å². The minimum Gasteiger partial charge on any atom is -0.481 e. The average molecular weight is 395 g/mol. The molecule has 0 amide bonds. The molecule has 0 bridgehead atoms. The van der Waals surface area contributed by atoms with Crippen LogP contribution in [0.5, 0.6) is 0 Å². The van der Waals surface area contributed by atoms with Crippen LogP contribution in [0.2, 0.25) is 0 Å². The largest absolute Gasteiger partial charge is 0.481 e. The lowest BCUT2D eigenvalue weighted by molar-refractivity contribution is -0.154. The minimum atomic E-state index is -0.880. The van der Waals surface area contributed by atoms with E-state index in [0.717, 1.165) is 25.7 Å². The predicted molar refractivity (Wildman–Crippen MR) is 102 cm³/mol. The van der Waals surface area contributed by atoms with Crippen molar-refractivity contribution in [3.8, 4) is 0 Å². The van der Waals surface area contributed by atoms with E-state index >= 15 is 0 Å². The Bertz CT molecular complexity index is 580. The molecule has 2 aliphatic heterocycles. The Hall–Kier alpha value is -1.14. The number of carbonyl (C=O) groups is 2. The molecule has 4 fully saturated rings. The monoisotopic (exact) mass is 394 g/mol. The van der Waals surface area contributed by atoms with Crippen LogP contribution in [0.4, 0.5) is 0 Å². The summed E-state index contributed by atoms with van der Waals surface area (Å²) < 4.78 is 11.7. The molecule has 2 heterocycles. The summed E-state index contributed by atoms with van der Waals surface area (Å²) in [6.07, 6.45) is 7.45. The van der Waals surface area contributed by atoms with Gasteiger partial charge in [-0.3, -0.25) is 9.59 Å². The molecule has 8 unspecified atom stereocenters. The number of aliphatic carboxylic acids is 2. The molecule has 6 heteroatoms. The van der Waals surface area contributed by atoms with Gasteiger partial charge in [-0.2, -0.15) is 0 Å². The molecule has 0 aromatic carbocycles. The van der Waals surface area contributed by atoms with E-state index in [1.54, 1.807) is 0 Å². The first-order valence-electron chi connectivity index (χ1n) is 11.1. The fourth-order valence-electron chi connectivity index (χ4n) is 6.14. The van der Waals surface area contributed by atoms with Gasteiger partial charge in [0.2, 0.25) is 0 Å². The number of fused-ring (bicyclic) bond motifs is 2. The first kappa shape index (κ1) is 20.1. The third-order valence-corrected chi connectivity index (χ3v) is 8.11. The summed E-state index contributed by atoms with van der Waals surface area (Å²) in [6, 6.07) is 0. The number of hydrogen-bond acceptors (Lipinski definition) is 4. The molecule has 2 N–H and O–H groups in total. The quantitative estimate of drug-likeness (QED) is 0.578. The summed E-state index contributed by atoms with van der Waals surface area (Å²) in [7, 11) is 0. The molecule has 0 aromatic heterocycles. The van der Waals surface area contributed by atoms with Gasteiger partial charge in [0, 0.05) is 6.42 Å².